The molecule has 4 nitrogen and oxygen atoms in total. The lowest BCUT2D eigenvalue weighted by Gasteiger charge is -2.07. The van der Waals surface area contributed by atoms with E-state index >= 15 is 0 Å². The third-order valence-electron chi connectivity index (χ3n) is 2.66. The molecule has 4 heteroatoms. The van der Waals surface area contributed by atoms with Gasteiger partial charge in [0.2, 0.25) is 5.89 Å². The van der Waals surface area contributed by atoms with Crippen molar-refractivity contribution in [2.24, 2.45) is 0 Å². The molecule has 1 heterocycles. The summed E-state index contributed by atoms with van der Waals surface area (Å²) in [5, 5.41) is 7.62. The second kappa shape index (κ2) is 3.77. The zero-order valence-electron chi connectivity index (χ0n) is 7.70. The standard InChI is InChI=1S/C9H15N3O/c10-9-12-11-8(13-9)7-5-3-1-2-4-6-7/h7H,1-6H2,(H2,10,12). The van der Waals surface area contributed by atoms with Crippen LogP contribution in [-0.4, -0.2) is 10.2 Å². The zero-order valence-corrected chi connectivity index (χ0v) is 7.70. The Balaban J connectivity index is 2.06. The first-order valence-electron chi connectivity index (χ1n) is 4.95. The second-order valence-corrected chi connectivity index (χ2v) is 3.67. The van der Waals surface area contributed by atoms with Crippen molar-refractivity contribution in [3.8, 4) is 0 Å². The second-order valence-electron chi connectivity index (χ2n) is 3.67. The molecule has 0 aromatic carbocycles. The van der Waals surface area contributed by atoms with Crippen LogP contribution in [0.2, 0.25) is 0 Å². The lowest BCUT2D eigenvalue weighted by atomic mass is 10.0. The SMILES string of the molecule is Nc1nnc(C2CCCCCC2)o1. The molecule has 0 saturated heterocycles. The molecule has 0 unspecified atom stereocenters. The molecular formula is C9H15N3O. The van der Waals surface area contributed by atoms with Gasteiger partial charge in [-0.25, -0.2) is 0 Å². The Kier molecular flexibility index (Phi) is 2.47. The smallest absolute Gasteiger partial charge is 0.312 e. The summed E-state index contributed by atoms with van der Waals surface area (Å²) < 4.78 is 5.23. The number of hydrogen-bond acceptors (Lipinski definition) is 4. The van der Waals surface area contributed by atoms with Gasteiger partial charge in [0.05, 0.1) is 0 Å². The minimum Gasteiger partial charge on any atom is -0.408 e. The molecule has 0 radical (unpaired) electrons. The quantitative estimate of drug-likeness (QED) is 0.674. The van der Waals surface area contributed by atoms with Crippen LogP contribution in [0.4, 0.5) is 6.01 Å². The molecule has 2 rings (SSSR count). The van der Waals surface area contributed by atoms with Crippen molar-refractivity contribution in [2.45, 2.75) is 44.4 Å². The average molecular weight is 181 g/mol. The monoisotopic (exact) mass is 181 g/mol. The number of nitrogen functional groups attached to an aromatic ring is 1. The van der Waals surface area contributed by atoms with E-state index in [1.807, 2.05) is 0 Å². The largest absolute Gasteiger partial charge is 0.408 e. The molecule has 0 aliphatic heterocycles. The molecule has 0 atom stereocenters. The fourth-order valence-electron chi connectivity index (χ4n) is 1.94. The predicted molar refractivity (Wildman–Crippen MR) is 49.2 cm³/mol. The fraction of sp³-hybridized carbons (Fsp3) is 0.778. The molecule has 72 valence electrons. The van der Waals surface area contributed by atoms with Crippen molar-refractivity contribution in [3.05, 3.63) is 5.89 Å². The van der Waals surface area contributed by atoms with Crippen LogP contribution in [0.15, 0.2) is 4.42 Å². The van der Waals surface area contributed by atoms with E-state index < -0.39 is 0 Å². The highest BCUT2D eigenvalue weighted by molar-refractivity contribution is 5.07. The van der Waals surface area contributed by atoms with E-state index in [0.717, 1.165) is 5.89 Å². The fourth-order valence-corrected chi connectivity index (χ4v) is 1.94. The maximum Gasteiger partial charge on any atom is 0.312 e. The van der Waals surface area contributed by atoms with Gasteiger partial charge in [0.25, 0.3) is 0 Å². The van der Waals surface area contributed by atoms with Crippen LogP contribution in [0.3, 0.4) is 0 Å². The number of nitrogens with zero attached hydrogens (tertiary/aromatic N) is 2. The Morgan fingerprint density at radius 2 is 1.77 bits per heavy atom. The van der Waals surface area contributed by atoms with Crippen molar-refractivity contribution >= 4 is 6.01 Å². The van der Waals surface area contributed by atoms with Gasteiger partial charge in [-0.15, -0.1) is 5.10 Å². The number of aromatic nitrogens is 2. The van der Waals surface area contributed by atoms with Crippen LogP contribution < -0.4 is 5.73 Å². The first-order valence-corrected chi connectivity index (χ1v) is 4.95. The van der Waals surface area contributed by atoms with Crippen LogP contribution >= 0.6 is 0 Å². The Morgan fingerprint density at radius 3 is 2.31 bits per heavy atom. The summed E-state index contributed by atoms with van der Waals surface area (Å²) in [5.41, 5.74) is 5.38. The number of anilines is 1. The first kappa shape index (κ1) is 8.53. The Morgan fingerprint density at radius 1 is 1.08 bits per heavy atom. The summed E-state index contributed by atoms with van der Waals surface area (Å²) >= 11 is 0. The minimum absolute atomic E-state index is 0.194. The zero-order chi connectivity index (χ0) is 9.10. The minimum atomic E-state index is 0.194. The van der Waals surface area contributed by atoms with Crippen LogP contribution in [0.1, 0.15) is 50.3 Å². The molecule has 0 amide bonds. The summed E-state index contributed by atoms with van der Waals surface area (Å²) in [6.07, 6.45) is 7.55. The van der Waals surface area contributed by atoms with Crippen LogP contribution in [0.5, 0.6) is 0 Å². The normalized spacial score (nSPS) is 20.0. The molecule has 0 bridgehead atoms. The van der Waals surface area contributed by atoms with Gasteiger partial charge in [-0.3, -0.25) is 0 Å². The molecule has 1 aliphatic rings. The van der Waals surface area contributed by atoms with Gasteiger partial charge in [0.15, 0.2) is 0 Å². The van der Waals surface area contributed by atoms with E-state index in [1.54, 1.807) is 0 Å². The van der Waals surface area contributed by atoms with Gasteiger partial charge in [-0.05, 0) is 12.8 Å². The molecule has 1 aromatic heterocycles. The van der Waals surface area contributed by atoms with Crippen LogP contribution in [0, 0.1) is 0 Å². The van der Waals surface area contributed by atoms with Crippen molar-refractivity contribution in [1.82, 2.24) is 10.2 Å². The van der Waals surface area contributed by atoms with Crippen LogP contribution in [-0.2, 0) is 0 Å². The molecule has 0 spiro atoms. The summed E-state index contributed by atoms with van der Waals surface area (Å²) in [6.45, 7) is 0. The van der Waals surface area contributed by atoms with Gasteiger partial charge in [-0.1, -0.05) is 30.8 Å². The number of nitrogens with two attached hydrogens (primary N) is 1. The third kappa shape index (κ3) is 1.99. The Labute approximate surface area is 77.5 Å². The van der Waals surface area contributed by atoms with Crippen molar-refractivity contribution in [2.75, 3.05) is 5.73 Å². The molecule has 1 aliphatic carbocycles. The highest BCUT2D eigenvalue weighted by Gasteiger charge is 2.19. The molecule has 13 heavy (non-hydrogen) atoms. The average Bonchev–Trinajstić information content (AvgIpc) is 2.43. The molecule has 1 saturated carbocycles. The predicted octanol–water partition coefficient (Wildman–Crippen LogP) is 2.09. The summed E-state index contributed by atoms with van der Waals surface area (Å²) in [7, 11) is 0. The molecule has 1 aromatic rings. The van der Waals surface area contributed by atoms with Gasteiger partial charge < -0.3 is 10.2 Å². The summed E-state index contributed by atoms with van der Waals surface area (Å²) in [4.78, 5) is 0. The maximum absolute atomic E-state index is 5.38. The maximum atomic E-state index is 5.38. The lowest BCUT2D eigenvalue weighted by Crippen LogP contribution is -1.97. The van der Waals surface area contributed by atoms with E-state index in [1.165, 1.54) is 38.5 Å². The summed E-state index contributed by atoms with van der Waals surface area (Å²) in [6, 6.07) is 0.194. The Hall–Kier alpha value is -1.06. The van der Waals surface area contributed by atoms with Gasteiger partial charge in [-0.2, -0.15) is 0 Å². The highest BCUT2D eigenvalue weighted by atomic mass is 16.4. The topological polar surface area (TPSA) is 64.9 Å². The molecule has 2 N–H and O–H groups in total. The van der Waals surface area contributed by atoms with Gasteiger partial charge in [0, 0.05) is 5.92 Å². The van der Waals surface area contributed by atoms with E-state index in [9.17, 15) is 0 Å². The van der Waals surface area contributed by atoms with E-state index in [0.29, 0.717) is 5.92 Å². The first-order chi connectivity index (χ1) is 6.36. The Bertz CT molecular complexity index is 264. The molecular weight excluding hydrogens is 166 g/mol. The van der Waals surface area contributed by atoms with Gasteiger partial charge >= 0.3 is 6.01 Å². The van der Waals surface area contributed by atoms with Gasteiger partial charge in [0.1, 0.15) is 0 Å². The number of rotatable bonds is 1. The summed E-state index contributed by atoms with van der Waals surface area (Å²) in [5.74, 6) is 1.19. The lowest BCUT2D eigenvalue weighted by molar-refractivity contribution is 0.428. The number of hydrogen-bond donors (Lipinski definition) is 1. The van der Waals surface area contributed by atoms with Crippen molar-refractivity contribution in [3.63, 3.8) is 0 Å². The van der Waals surface area contributed by atoms with E-state index in [-0.39, 0.29) is 6.01 Å². The van der Waals surface area contributed by atoms with E-state index in [2.05, 4.69) is 10.2 Å². The molecule has 1 fully saturated rings. The van der Waals surface area contributed by atoms with E-state index in [4.69, 9.17) is 10.2 Å². The third-order valence-corrected chi connectivity index (χ3v) is 2.66. The van der Waals surface area contributed by atoms with Crippen molar-refractivity contribution in [1.29, 1.82) is 0 Å². The highest BCUT2D eigenvalue weighted by Crippen LogP contribution is 2.30. The van der Waals surface area contributed by atoms with Crippen LogP contribution in [0.25, 0.3) is 0 Å². The van der Waals surface area contributed by atoms with Crippen molar-refractivity contribution < 1.29 is 4.42 Å².